The third-order valence-corrected chi connectivity index (χ3v) is 5.24. The lowest BCUT2D eigenvalue weighted by Crippen LogP contribution is -2.40. The average Bonchev–Trinajstić information content (AvgIpc) is 2.54. The van der Waals surface area contributed by atoms with Gasteiger partial charge >= 0.3 is 0 Å². The molecule has 108 valence electrons. The number of rotatable bonds is 3. The van der Waals surface area contributed by atoms with Crippen LogP contribution < -0.4 is 0 Å². The molecule has 2 unspecified atom stereocenters. The van der Waals surface area contributed by atoms with Crippen molar-refractivity contribution in [1.29, 1.82) is 0 Å². The van der Waals surface area contributed by atoms with E-state index < -0.39 is 5.60 Å². The summed E-state index contributed by atoms with van der Waals surface area (Å²) in [7, 11) is 0. The molecule has 1 saturated carbocycles. The number of aliphatic hydroxyl groups is 1. The van der Waals surface area contributed by atoms with E-state index in [0.29, 0.717) is 18.3 Å². The predicted molar refractivity (Wildman–Crippen MR) is 81.2 cm³/mol. The molecular formula is C15H25BrN2O. The van der Waals surface area contributed by atoms with Crippen LogP contribution in [0.2, 0.25) is 0 Å². The van der Waals surface area contributed by atoms with Crippen LogP contribution in [0.3, 0.4) is 0 Å². The molecule has 3 nitrogen and oxygen atoms in total. The molecule has 1 aromatic rings. The second-order valence-electron chi connectivity index (χ2n) is 6.42. The first-order valence-corrected chi connectivity index (χ1v) is 8.08. The molecule has 0 spiro atoms. The van der Waals surface area contributed by atoms with E-state index in [1.807, 2.05) is 11.6 Å². The Balaban J connectivity index is 2.24. The molecule has 2 rings (SSSR count). The molecule has 2 atom stereocenters. The van der Waals surface area contributed by atoms with E-state index in [2.05, 4.69) is 41.8 Å². The van der Waals surface area contributed by atoms with Crippen molar-refractivity contribution in [3.8, 4) is 0 Å². The van der Waals surface area contributed by atoms with E-state index in [4.69, 9.17) is 0 Å². The maximum atomic E-state index is 11.0. The van der Waals surface area contributed by atoms with Gasteiger partial charge in [-0.15, -0.1) is 0 Å². The molecule has 1 aliphatic rings. The van der Waals surface area contributed by atoms with Gasteiger partial charge in [0.2, 0.25) is 0 Å². The van der Waals surface area contributed by atoms with Crippen LogP contribution in [0.4, 0.5) is 0 Å². The molecule has 0 saturated heterocycles. The molecule has 1 N–H and O–H groups in total. The molecule has 0 bridgehead atoms. The van der Waals surface area contributed by atoms with Gasteiger partial charge in [-0.3, -0.25) is 4.68 Å². The second-order valence-corrected chi connectivity index (χ2v) is 7.21. The first-order valence-electron chi connectivity index (χ1n) is 7.29. The summed E-state index contributed by atoms with van der Waals surface area (Å²) in [5.41, 5.74) is 1.58. The van der Waals surface area contributed by atoms with Gasteiger partial charge in [-0.2, -0.15) is 5.10 Å². The van der Waals surface area contributed by atoms with E-state index in [9.17, 15) is 5.11 Å². The third kappa shape index (κ3) is 3.22. The number of aryl methyl sites for hydroxylation is 2. The van der Waals surface area contributed by atoms with Gasteiger partial charge in [0.25, 0.3) is 0 Å². The molecule has 4 heteroatoms. The predicted octanol–water partition coefficient (Wildman–Crippen LogP) is 3.70. The Kier molecular flexibility index (Phi) is 4.41. The molecule has 0 aromatic carbocycles. The first-order chi connectivity index (χ1) is 8.84. The van der Waals surface area contributed by atoms with Gasteiger partial charge in [-0.25, -0.2) is 0 Å². The third-order valence-electron chi connectivity index (χ3n) is 4.21. The Bertz CT molecular complexity index is 445. The minimum Gasteiger partial charge on any atom is -0.389 e. The summed E-state index contributed by atoms with van der Waals surface area (Å²) in [6.45, 7) is 9.45. The summed E-state index contributed by atoms with van der Waals surface area (Å²) in [5.74, 6) is 1.21. The zero-order valence-corrected chi connectivity index (χ0v) is 14.0. The summed E-state index contributed by atoms with van der Waals surface area (Å²) < 4.78 is 3.08. The Hall–Kier alpha value is -0.350. The van der Waals surface area contributed by atoms with Crippen molar-refractivity contribution >= 4 is 15.9 Å². The van der Waals surface area contributed by atoms with Crippen LogP contribution in [0.5, 0.6) is 0 Å². The van der Waals surface area contributed by atoms with Crippen molar-refractivity contribution in [2.24, 2.45) is 11.8 Å². The summed E-state index contributed by atoms with van der Waals surface area (Å²) in [5, 5.41) is 15.5. The van der Waals surface area contributed by atoms with Gasteiger partial charge in [0.15, 0.2) is 0 Å². The number of aromatic nitrogens is 2. The van der Waals surface area contributed by atoms with Crippen molar-refractivity contribution in [3.05, 3.63) is 15.9 Å². The van der Waals surface area contributed by atoms with Crippen LogP contribution in [0.1, 0.15) is 51.4 Å². The van der Waals surface area contributed by atoms with Crippen molar-refractivity contribution < 1.29 is 5.11 Å². The molecule has 0 aliphatic heterocycles. The fourth-order valence-corrected chi connectivity index (χ4v) is 4.15. The fourth-order valence-electron chi connectivity index (χ4n) is 3.73. The fraction of sp³-hybridized carbons (Fsp3) is 0.800. The monoisotopic (exact) mass is 328 g/mol. The molecule has 19 heavy (non-hydrogen) atoms. The topological polar surface area (TPSA) is 38.0 Å². The molecule has 1 aromatic heterocycles. The van der Waals surface area contributed by atoms with E-state index >= 15 is 0 Å². The maximum Gasteiger partial charge on any atom is 0.0738 e. The van der Waals surface area contributed by atoms with Crippen molar-refractivity contribution in [1.82, 2.24) is 9.78 Å². The highest BCUT2D eigenvalue weighted by Gasteiger charge is 2.37. The van der Waals surface area contributed by atoms with E-state index in [0.717, 1.165) is 35.2 Å². The molecule has 0 amide bonds. The molecule has 1 heterocycles. The highest BCUT2D eigenvalue weighted by atomic mass is 79.9. The van der Waals surface area contributed by atoms with Crippen LogP contribution in [-0.2, 0) is 13.0 Å². The lowest BCUT2D eigenvalue weighted by Gasteiger charge is -2.39. The van der Waals surface area contributed by atoms with Crippen molar-refractivity contribution in [2.45, 2.75) is 65.5 Å². The Labute approximate surface area is 124 Å². The minimum absolute atomic E-state index is 0.570. The zero-order valence-electron chi connectivity index (χ0n) is 12.4. The van der Waals surface area contributed by atoms with E-state index in [1.165, 1.54) is 6.42 Å². The first kappa shape index (κ1) is 15.0. The lowest BCUT2D eigenvalue weighted by molar-refractivity contribution is -0.0319. The number of nitrogens with zero attached hydrogens (tertiary/aromatic N) is 2. The number of hydrogen-bond acceptors (Lipinski definition) is 2. The standard InChI is InChI=1S/C15H25BrN2O/c1-5-18-13(14(16)12(4)17-18)9-15(19)7-10(2)6-11(3)8-15/h10-11,19H,5-9H2,1-4H3. The molecule has 0 radical (unpaired) electrons. The van der Waals surface area contributed by atoms with Gasteiger partial charge in [-0.05, 0) is 60.9 Å². The molecular weight excluding hydrogens is 304 g/mol. The van der Waals surface area contributed by atoms with Gasteiger partial charge in [-0.1, -0.05) is 13.8 Å². The van der Waals surface area contributed by atoms with Crippen LogP contribution in [0.25, 0.3) is 0 Å². The lowest BCUT2D eigenvalue weighted by atomic mass is 9.72. The summed E-state index contributed by atoms with van der Waals surface area (Å²) in [4.78, 5) is 0. The van der Waals surface area contributed by atoms with Gasteiger partial charge in [0, 0.05) is 13.0 Å². The number of halogens is 1. The molecule has 1 fully saturated rings. The SMILES string of the molecule is CCn1nc(C)c(Br)c1CC1(O)CC(C)CC(C)C1. The average molecular weight is 329 g/mol. The normalized spacial score (nSPS) is 31.7. The van der Waals surface area contributed by atoms with E-state index in [-0.39, 0.29) is 0 Å². The number of hydrogen-bond donors (Lipinski definition) is 1. The Morgan fingerprint density at radius 3 is 2.47 bits per heavy atom. The van der Waals surface area contributed by atoms with Crippen LogP contribution in [-0.4, -0.2) is 20.5 Å². The van der Waals surface area contributed by atoms with Crippen LogP contribution in [0, 0.1) is 18.8 Å². The van der Waals surface area contributed by atoms with Crippen LogP contribution >= 0.6 is 15.9 Å². The quantitative estimate of drug-likeness (QED) is 0.918. The smallest absolute Gasteiger partial charge is 0.0738 e. The van der Waals surface area contributed by atoms with Crippen molar-refractivity contribution in [3.63, 3.8) is 0 Å². The van der Waals surface area contributed by atoms with Gasteiger partial charge in [0.05, 0.1) is 21.5 Å². The van der Waals surface area contributed by atoms with Crippen molar-refractivity contribution in [2.75, 3.05) is 0 Å². The maximum absolute atomic E-state index is 11.0. The summed E-state index contributed by atoms with van der Waals surface area (Å²) in [6, 6.07) is 0. The van der Waals surface area contributed by atoms with E-state index in [1.54, 1.807) is 0 Å². The minimum atomic E-state index is -0.570. The largest absolute Gasteiger partial charge is 0.389 e. The van der Waals surface area contributed by atoms with Gasteiger partial charge < -0.3 is 5.11 Å². The molecule has 1 aliphatic carbocycles. The van der Waals surface area contributed by atoms with Gasteiger partial charge in [0.1, 0.15) is 0 Å². The highest BCUT2D eigenvalue weighted by molar-refractivity contribution is 9.10. The summed E-state index contributed by atoms with van der Waals surface area (Å²) in [6.07, 6.45) is 3.74. The summed E-state index contributed by atoms with van der Waals surface area (Å²) >= 11 is 3.63. The van der Waals surface area contributed by atoms with Crippen LogP contribution in [0.15, 0.2) is 4.47 Å². The Morgan fingerprint density at radius 1 is 1.37 bits per heavy atom. The second kappa shape index (κ2) is 5.57. The highest BCUT2D eigenvalue weighted by Crippen LogP contribution is 2.39. The Morgan fingerprint density at radius 2 is 1.95 bits per heavy atom. The zero-order chi connectivity index (χ0) is 14.2.